The lowest BCUT2D eigenvalue weighted by Gasteiger charge is -2.28. The first-order valence-corrected chi connectivity index (χ1v) is 12.4. The summed E-state index contributed by atoms with van der Waals surface area (Å²) in [5.41, 5.74) is 7.34. The lowest BCUT2D eigenvalue weighted by Crippen LogP contribution is -2.54. The van der Waals surface area contributed by atoms with Gasteiger partial charge in [-0.15, -0.1) is 0 Å². The molecule has 10 nitrogen and oxygen atoms in total. The topological polar surface area (TPSA) is 162 Å². The van der Waals surface area contributed by atoms with Crippen LogP contribution in [0.4, 0.5) is 0 Å². The number of hydrogen-bond acceptors (Lipinski definition) is 6. The maximum atomic E-state index is 13.2. The second kappa shape index (κ2) is 13.5. The second-order valence-electron chi connectivity index (χ2n) is 9.23. The number of carbonyl (C=O) groups is 4. The minimum absolute atomic E-state index is 0.127. The average molecular weight is 511 g/mol. The quantitative estimate of drug-likeness (QED) is 0.273. The molecule has 4 atom stereocenters. The predicted molar refractivity (Wildman–Crippen MR) is 136 cm³/mol. The number of hydrogen-bond donors (Lipinski definition) is 5. The maximum absolute atomic E-state index is 13.2. The highest BCUT2D eigenvalue weighted by molar-refractivity contribution is 5.91. The lowest BCUT2D eigenvalue weighted by molar-refractivity contribution is -0.142. The molecular weight excluding hydrogens is 476 g/mol. The summed E-state index contributed by atoms with van der Waals surface area (Å²) in [5.74, 6) is -2.57. The average Bonchev–Trinajstić information content (AvgIpc) is 3.38. The fourth-order valence-corrected chi connectivity index (χ4v) is 4.49. The fourth-order valence-electron chi connectivity index (χ4n) is 4.49. The molecular formula is C27H34N4O6. The zero-order valence-electron chi connectivity index (χ0n) is 20.6. The normalized spacial score (nSPS) is 17.5. The van der Waals surface area contributed by atoms with Gasteiger partial charge in [-0.2, -0.15) is 0 Å². The van der Waals surface area contributed by atoms with E-state index in [1.165, 1.54) is 4.90 Å². The summed E-state index contributed by atoms with van der Waals surface area (Å²) in [5, 5.41) is 24.3. The molecule has 1 aliphatic heterocycles. The monoisotopic (exact) mass is 510 g/mol. The van der Waals surface area contributed by atoms with Crippen molar-refractivity contribution in [3.8, 4) is 0 Å². The molecule has 0 aliphatic carbocycles. The van der Waals surface area contributed by atoms with Crippen molar-refractivity contribution in [3.05, 3.63) is 71.8 Å². The number of nitrogens with two attached hydrogens (primary N) is 1. The number of carbonyl (C=O) groups excluding carboxylic acids is 3. The number of rotatable bonds is 12. The second-order valence-corrected chi connectivity index (χ2v) is 9.23. The van der Waals surface area contributed by atoms with Gasteiger partial charge in [-0.3, -0.25) is 14.4 Å². The van der Waals surface area contributed by atoms with Crippen molar-refractivity contribution < 1.29 is 29.4 Å². The van der Waals surface area contributed by atoms with Crippen LogP contribution in [0.25, 0.3) is 0 Å². The summed E-state index contributed by atoms with van der Waals surface area (Å²) < 4.78 is 0. The van der Waals surface area contributed by atoms with Gasteiger partial charge >= 0.3 is 5.97 Å². The van der Waals surface area contributed by atoms with Crippen LogP contribution >= 0.6 is 0 Å². The molecule has 37 heavy (non-hydrogen) atoms. The van der Waals surface area contributed by atoms with Crippen LogP contribution in [0.3, 0.4) is 0 Å². The highest BCUT2D eigenvalue weighted by Crippen LogP contribution is 2.19. The predicted octanol–water partition coefficient (Wildman–Crippen LogP) is 0.227. The van der Waals surface area contributed by atoms with Crippen molar-refractivity contribution in [1.29, 1.82) is 0 Å². The summed E-state index contributed by atoms with van der Waals surface area (Å²) in [6, 6.07) is 14.7. The number of aliphatic hydroxyl groups is 1. The number of carboxylic acid groups (broad SMARTS) is 1. The summed E-state index contributed by atoms with van der Waals surface area (Å²) in [7, 11) is 0. The number of aliphatic carboxylic acids is 1. The number of amides is 3. The number of benzene rings is 2. The van der Waals surface area contributed by atoms with E-state index in [2.05, 4.69) is 10.6 Å². The number of aliphatic hydroxyl groups excluding tert-OH is 1. The van der Waals surface area contributed by atoms with Crippen molar-refractivity contribution in [2.45, 2.75) is 56.3 Å². The lowest BCUT2D eigenvalue weighted by atomic mass is 10.0. The van der Waals surface area contributed by atoms with E-state index in [0.717, 1.165) is 11.1 Å². The van der Waals surface area contributed by atoms with Gasteiger partial charge in [-0.25, -0.2) is 4.79 Å². The van der Waals surface area contributed by atoms with E-state index in [1.807, 2.05) is 36.4 Å². The molecule has 1 fully saturated rings. The summed E-state index contributed by atoms with van der Waals surface area (Å²) in [4.78, 5) is 51.8. The zero-order chi connectivity index (χ0) is 26.8. The van der Waals surface area contributed by atoms with E-state index >= 15 is 0 Å². The molecule has 4 unspecified atom stereocenters. The van der Waals surface area contributed by atoms with Gasteiger partial charge < -0.3 is 31.5 Å². The molecule has 2 aromatic carbocycles. The molecule has 198 valence electrons. The van der Waals surface area contributed by atoms with E-state index in [-0.39, 0.29) is 12.8 Å². The SMILES string of the molecule is NC(CO)C(=O)N1CCCC1C(=O)NC(CC(=O)NC(Cc1ccccc1)C(=O)O)Cc1ccccc1. The summed E-state index contributed by atoms with van der Waals surface area (Å²) in [6.45, 7) is -0.164. The molecule has 0 bridgehead atoms. The Hall–Kier alpha value is -3.76. The maximum Gasteiger partial charge on any atom is 0.326 e. The molecule has 0 aromatic heterocycles. The standard InChI is InChI=1S/C27H34N4O6/c28-21(17-32)26(35)31-13-7-12-23(31)25(34)29-20(14-18-8-3-1-4-9-18)16-24(33)30-22(27(36)37)15-19-10-5-2-6-11-19/h1-6,8-11,20-23,32H,7,12-17,28H2,(H,29,34)(H,30,33)(H,36,37). The minimum Gasteiger partial charge on any atom is -0.480 e. The summed E-state index contributed by atoms with van der Waals surface area (Å²) in [6.07, 6.45) is 1.38. The van der Waals surface area contributed by atoms with E-state index < -0.39 is 54.5 Å². The molecule has 6 N–H and O–H groups in total. The fraction of sp³-hybridized carbons (Fsp3) is 0.407. The largest absolute Gasteiger partial charge is 0.480 e. The van der Waals surface area contributed by atoms with Crippen LogP contribution in [-0.2, 0) is 32.0 Å². The molecule has 1 heterocycles. The third-order valence-corrected chi connectivity index (χ3v) is 6.37. The minimum atomic E-state index is -1.15. The first-order chi connectivity index (χ1) is 17.8. The Bertz CT molecular complexity index is 1070. The molecule has 0 radical (unpaired) electrons. The van der Waals surface area contributed by atoms with Gasteiger partial charge in [-0.05, 0) is 30.4 Å². The van der Waals surface area contributed by atoms with Crippen molar-refractivity contribution in [3.63, 3.8) is 0 Å². The van der Waals surface area contributed by atoms with E-state index in [0.29, 0.717) is 25.8 Å². The van der Waals surface area contributed by atoms with Crippen LogP contribution in [0.5, 0.6) is 0 Å². The van der Waals surface area contributed by atoms with Crippen LogP contribution in [0.2, 0.25) is 0 Å². The molecule has 0 saturated carbocycles. The van der Waals surface area contributed by atoms with Gasteiger partial charge in [0.1, 0.15) is 18.1 Å². The van der Waals surface area contributed by atoms with Gasteiger partial charge in [0, 0.05) is 25.4 Å². The summed E-state index contributed by atoms with van der Waals surface area (Å²) >= 11 is 0. The van der Waals surface area contributed by atoms with Gasteiger partial charge in [0.25, 0.3) is 0 Å². The van der Waals surface area contributed by atoms with E-state index in [4.69, 9.17) is 5.73 Å². The Balaban J connectivity index is 1.70. The Morgan fingerprint density at radius 1 is 0.946 bits per heavy atom. The van der Waals surface area contributed by atoms with Crippen molar-refractivity contribution >= 4 is 23.7 Å². The molecule has 10 heteroatoms. The van der Waals surface area contributed by atoms with Crippen molar-refractivity contribution in [1.82, 2.24) is 15.5 Å². The van der Waals surface area contributed by atoms with E-state index in [1.54, 1.807) is 24.3 Å². The Labute approximate surface area is 215 Å². The van der Waals surface area contributed by atoms with Crippen LogP contribution in [0.15, 0.2) is 60.7 Å². The highest BCUT2D eigenvalue weighted by atomic mass is 16.4. The van der Waals surface area contributed by atoms with Crippen LogP contribution in [0, 0.1) is 0 Å². The zero-order valence-corrected chi connectivity index (χ0v) is 20.6. The Morgan fingerprint density at radius 3 is 2.11 bits per heavy atom. The smallest absolute Gasteiger partial charge is 0.326 e. The third-order valence-electron chi connectivity index (χ3n) is 6.37. The van der Waals surface area contributed by atoms with Gasteiger partial charge in [-0.1, -0.05) is 60.7 Å². The molecule has 3 rings (SSSR count). The Kier molecular flexibility index (Phi) is 10.2. The van der Waals surface area contributed by atoms with Gasteiger partial charge in [0.05, 0.1) is 6.61 Å². The first-order valence-electron chi connectivity index (χ1n) is 12.4. The number of nitrogens with one attached hydrogen (secondary N) is 2. The van der Waals surface area contributed by atoms with Gasteiger partial charge in [0.15, 0.2) is 0 Å². The molecule has 1 saturated heterocycles. The number of nitrogens with zero attached hydrogens (tertiary/aromatic N) is 1. The van der Waals surface area contributed by atoms with Crippen LogP contribution in [0.1, 0.15) is 30.4 Å². The third kappa shape index (κ3) is 8.12. The molecule has 1 aliphatic rings. The molecule has 0 spiro atoms. The molecule has 2 aromatic rings. The van der Waals surface area contributed by atoms with Gasteiger partial charge in [0.2, 0.25) is 17.7 Å². The van der Waals surface area contributed by atoms with Crippen LogP contribution < -0.4 is 16.4 Å². The van der Waals surface area contributed by atoms with E-state index in [9.17, 15) is 29.4 Å². The van der Waals surface area contributed by atoms with Crippen LogP contribution in [-0.4, -0.2) is 76.1 Å². The Morgan fingerprint density at radius 2 is 1.54 bits per heavy atom. The number of carboxylic acids is 1. The number of likely N-dealkylation sites (tertiary alicyclic amines) is 1. The van der Waals surface area contributed by atoms with Crippen molar-refractivity contribution in [2.75, 3.05) is 13.2 Å². The highest BCUT2D eigenvalue weighted by Gasteiger charge is 2.37. The first kappa shape index (κ1) is 27.8. The molecule has 3 amide bonds. The van der Waals surface area contributed by atoms with Crippen molar-refractivity contribution in [2.24, 2.45) is 5.73 Å².